The second kappa shape index (κ2) is 11.2. The van der Waals surface area contributed by atoms with Gasteiger partial charge in [0.1, 0.15) is 5.82 Å². The Morgan fingerprint density at radius 1 is 0.860 bits per heavy atom. The Balaban J connectivity index is 1.99. The van der Waals surface area contributed by atoms with Gasteiger partial charge in [-0.2, -0.15) is 10.5 Å². The van der Waals surface area contributed by atoms with Crippen LogP contribution in [0.4, 0.5) is 13.2 Å². The van der Waals surface area contributed by atoms with E-state index in [1.165, 1.54) is 48.5 Å². The fourth-order valence-corrected chi connectivity index (χ4v) is 6.31. The number of carbonyl (C=O) groups is 1. The minimum Gasteiger partial charge on any atom is -0.472 e. The van der Waals surface area contributed by atoms with Crippen molar-refractivity contribution in [2.24, 2.45) is 0 Å². The van der Waals surface area contributed by atoms with Crippen molar-refractivity contribution >= 4 is 26.9 Å². The van der Waals surface area contributed by atoms with Gasteiger partial charge in [-0.1, -0.05) is 36.3 Å². The molecule has 43 heavy (non-hydrogen) atoms. The van der Waals surface area contributed by atoms with Gasteiger partial charge >= 0.3 is 5.97 Å². The van der Waals surface area contributed by atoms with Crippen LogP contribution >= 0.6 is 0 Å². The number of nitriles is 2. The summed E-state index contributed by atoms with van der Waals surface area (Å²) in [5, 5.41) is 29.0. The maximum Gasteiger partial charge on any atom is 0.382 e. The molecule has 0 unspecified atom stereocenters. The third-order valence-electron chi connectivity index (χ3n) is 6.56. The molecular weight excluding hydrogens is 579 g/mol. The van der Waals surface area contributed by atoms with Crippen LogP contribution in [-0.2, 0) is 14.8 Å². The summed E-state index contributed by atoms with van der Waals surface area (Å²) in [5.74, 6) is 2.32. The molecule has 1 aromatic heterocycles. The SMILES string of the molecule is N#Cc1cccc(C#N)c1-c1c(-c2cccc(C#CC(=O)O)c2)n(S(=O)(=O)c2ccc(C(F)F)cc2)c2ccc(F)cc12. The van der Waals surface area contributed by atoms with Crippen molar-refractivity contribution in [3.05, 3.63) is 113 Å². The predicted molar refractivity (Wildman–Crippen MR) is 151 cm³/mol. The van der Waals surface area contributed by atoms with E-state index in [1.807, 2.05) is 18.1 Å². The maximum absolute atomic E-state index is 14.8. The topological polar surface area (TPSA) is 124 Å². The summed E-state index contributed by atoms with van der Waals surface area (Å²) in [7, 11) is -4.61. The molecule has 11 heteroatoms. The van der Waals surface area contributed by atoms with E-state index in [2.05, 4.69) is 5.92 Å². The molecule has 0 aliphatic carbocycles. The van der Waals surface area contributed by atoms with Crippen molar-refractivity contribution in [3.8, 4) is 46.4 Å². The zero-order chi connectivity index (χ0) is 30.9. The predicted octanol–water partition coefficient (Wildman–Crippen LogP) is 6.47. The normalized spacial score (nSPS) is 11.0. The molecule has 1 heterocycles. The Morgan fingerprint density at radius 2 is 1.51 bits per heavy atom. The Hall–Kier alpha value is -5.83. The highest BCUT2D eigenvalue weighted by Gasteiger charge is 2.31. The third kappa shape index (κ3) is 5.19. The van der Waals surface area contributed by atoms with Crippen LogP contribution in [-0.4, -0.2) is 23.5 Å². The molecule has 5 aromatic rings. The lowest BCUT2D eigenvalue weighted by Crippen LogP contribution is -2.14. The molecule has 0 bridgehead atoms. The van der Waals surface area contributed by atoms with E-state index in [0.717, 1.165) is 40.4 Å². The standard InChI is InChI=1S/C32H16F3N3O4S/c33-24-10-13-27-26(16-24)30(29-22(17-36)5-2-6-23(29)18-37)31(21-4-1-3-19(15-21)7-14-28(39)40)38(27)43(41,42)25-11-8-20(9-12-25)32(34)35/h1-6,8-13,15-16,32H,(H,39,40). The molecule has 1 N–H and O–H groups in total. The highest BCUT2D eigenvalue weighted by Crippen LogP contribution is 2.45. The Bertz CT molecular complexity index is 2170. The second-order valence-electron chi connectivity index (χ2n) is 9.11. The first kappa shape index (κ1) is 28.7. The fraction of sp³-hybridized carbons (Fsp3) is 0.0312. The number of aromatic nitrogens is 1. The second-order valence-corrected chi connectivity index (χ2v) is 10.9. The van der Waals surface area contributed by atoms with Gasteiger partial charge in [-0.25, -0.2) is 30.4 Å². The summed E-state index contributed by atoms with van der Waals surface area (Å²) in [4.78, 5) is 10.7. The van der Waals surface area contributed by atoms with Crippen molar-refractivity contribution in [2.45, 2.75) is 11.3 Å². The fourth-order valence-electron chi connectivity index (χ4n) is 4.77. The van der Waals surface area contributed by atoms with Crippen LogP contribution < -0.4 is 0 Å². The summed E-state index contributed by atoms with van der Waals surface area (Å²) in [6.45, 7) is 0. The summed E-state index contributed by atoms with van der Waals surface area (Å²) in [5.41, 5.74) is -0.0465. The van der Waals surface area contributed by atoms with E-state index in [1.54, 1.807) is 0 Å². The lowest BCUT2D eigenvalue weighted by molar-refractivity contribution is -0.130. The molecule has 0 fully saturated rings. The number of nitrogens with zero attached hydrogens (tertiary/aromatic N) is 3. The van der Waals surface area contributed by atoms with Crippen LogP contribution in [0.5, 0.6) is 0 Å². The number of aliphatic carboxylic acids is 1. The van der Waals surface area contributed by atoms with Crippen LogP contribution in [0.25, 0.3) is 33.3 Å². The van der Waals surface area contributed by atoms with E-state index < -0.39 is 33.8 Å². The zero-order valence-corrected chi connectivity index (χ0v) is 22.5. The van der Waals surface area contributed by atoms with Crippen LogP contribution in [0.2, 0.25) is 0 Å². The van der Waals surface area contributed by atoms with E-state index in [-0.39, 0.29) is 54.9 Å². The summed E-state index contributed by atoms with van der Waals surface area (Å²) < 4.78 is 70.8. The van der Waals surface area contributed by atoms with E-state index in [0.29, 0.717) is 0 Å². The number of alkyl halides is 2. The number of carboxylic acid groups (broad SMARTS) is 1. The highest BCUT2D eigenvalue weighted by atomic mass is 32.2. The van der Waals surface area contributed by atoms with Crippen LogP contribution in [0.15, 0.2) is 89.8 Å². The average Bonchev–Trinajstić information content (AvgIpc) is 3.34. The molecule has 7 nitrogen and oxygen atoms in total. The number of benzene rings is 4. The van der Waals surface area contributed by atoms with Gasteiger partial charge in [0.15, 0.2) is 0 Å². The Morgan fingerprint density at radius 3 is 2.12 bits per heavy atom. The van der Waals surface area contributed by atoms with Crippen molar-refractivity contribution in [3.63, 3.8) is 0 Å². The maximum atomic E-state index is 14.8. The van der Waals surface area contributed by atoms with Crippen molar-refractivity contribution < 1.29 is 31.5 Å². The third-order valence-corrected chi connectivity index (χ3v) is 8.29. The smallest absolute Gasteiger partial charge is 0.382 e. The molecule has 0 atom stereocenters. The largest absolute Gasteiger partial charge is 0.472 e. The molecule has 0 aliphatic heterocycles. The van der Waals surface area contributed by atoms with E-state index in [9.17, 15) is 36.9 Å². The van der Waals surface area contributed by atoms with Crippen LogP contribution in [0.3, 0.4) is 0 Å². The number of hydrogen-bond acceptors (Lipinski definition) is 5. The Labute approximate surface area is 243 Å². The molecule has 5 rings (SSSR count). The summed E-state index contributed by atoms with van der Waals surface area (Å²) in [6.07, 6.45) is -2.84. The molecule has 0 radical (unpaired) electrons. The number of carboxylic acids is 1. The lowest BCUT2D eigenvalue weighted by Gasteiger charge is -2.15. The van der Waals surface area contributed by atoms with Gasteiger partial charge in [0.25, 0.3) is 16.4 Å². The number of rotatable bonds is 5. The van der Waals surface area contributed by atoms with Crippen LogP contribution in [0, 0.1) is 40.3 Å². The average molecular weight is 596 g/mol. The van der Waals surface area contributed by atoms with Crippen LogP contribution in [0.1, 0.15) is 28.7 Å². The highest BCUT2D eigenvalue weighted by molar-refractivity contribution is 7.90. The van der Waals surface area contributed by atoms with E-state index >= 15 is 0 Å². The summed E-state index contributed by atoms with van der Waals surface area (Å²) in [6, 6.07) is 21.6. The van der Waals surface area contributed by atoms with Crippen molar-refractivity contribution in [1.82, 2.24) is 3.97 Å². The van der Waals surface area contributed by atoms with Gasteiger partial charge in [0.05, 0.1) is 39.4 Å². The van der Waals surface area contributed by atoms with E-state index in [4.69, 9.17) is 5.11 Å². The molecule has 4 aromatic carbocycles. The molecule has 0 spiro atoms. The minimum absolute atomic E-state index is 0.00381. The zero-order valence-electron chi connectivity index (χ0n) is 21.7. The quantitative estimate of drug-likeness (QED) is 0.232. The van der Waals surface area contributed by atoms with Gasteiger partial charge in [0.2, 0.25) is 0 Å². The van der Waals surface area contributed by atoms with Gasteiger partial charge in [-0.3, -0.25) is 0 Å². The number of fused-ring (bicyclic) bond motifs is 1. The first-order valence-corrected chi connectivity index (χ1v) is 13.8. The molecule has 0 amide bonds. The molecule has 0 saturated heterocycles. The molecular formula is C32H16F3N3O4S. The van der Waals surface area contributed by atoms with Gasteiger partial charge < -0.3 is 5.11 Å². The number of halogens is 3. The van der Waals surface area contributed by atoms with Crippen molar-refractivity contribution in [2.75, 3.05) is 0 Å². The monoisotopic (exact) mass is 595 g/mol. The lowest BCUT2D eigenvalue weighted by atomic mass is 9.91. The first-order valence-electron chi connectivity index (χ1n) is 12.3. The molecule has 0 saturated carbocycles. The number of hydrogen-bond donors (Lipinski definition) is 1. The molecule has 210 valence electrons. The van der Waals surface area contributed by atoms with Gasteiger partial charge in [0, 0.05) is 39.1 Å². The van der Waals surface area contributed by atoms with Gasteiger partial charge in [-0.15, -0.1) is 0 Å². The summed E-state index contributed by atoms with van der Waals surface area (Å²) >= 11 is 0. The van der Waals surface area contributed by atoms with Gasteiger partial charge in [-0.05, 0) is 54.6 Å². The Kier molecular flexibility index (Phi) is 7.48. The minimum atomic E-state index is -4.61. The first-order chi connectivity index (χ1) is 20.6. The molecule has 0 aliphatic rings. The van der Waals surface area contributed by atoms with Crippen molar-refractivity contribution in [1.29, 1.82) is 10.5 Å².